The van der Waals surface area contributed by atoms with E-state index >= 15 is 0 Å². The van der Waals surface area contributed by atoms with E-state index in [1.54, 1.807) is 0 Å². The topological polar surface area (TPSA) is 72.3 Å². The van der Waals surface area contributed by atoms with Crippen molar-refractivity contribution in [1.29, 1.82) is 0 Å². The molecule has 0 heterocycles. The molecule has 4 heteroatoms. The summed E-state index contributed by atoms with van der Waals surface area (Å²) in [5.74, 6) is -0.504. The molecule has 0 aliphatic carbocycles. The zero-order valence-electron chi connectivity index (χ0n) is 10.7. The molecule has 94 valence electrons. The lowest BCUT2D eigenvalue weighted by atomic mass is 9.89. The third-order valence-corrected chi connectivity index (χ3v) is 3.11. The van der Waals surface area contributed by atoms with Gasteiger partial charge >= 0.3 is 0 Å². The van der Waals surface area contributed by atoms with E-state index in [0.29, 0.717) is 12.6 Å². The van der Waals surface area contributed by atoms with Crippen LogP contribution in [0.5, 0.6) is 0 Å². The van der Waals surface area contributed by atoms with E-state index in [-0.39, 0.29) is 0 Å². The summed E-state index contributed by atoms with van der Waals surface area (Å²) >= 11 is 0. The average Bonchev–Trinajstić information content (AvgIpc) is 2.29. The number of carbonyl (C=O) groups excluding carboxylic acids is 1. The van der Waals surface area contributed by atoms with Crippen LogP contribution in [0.4, 0.5) is 0 Å². The first-order valence-electron chi connectivity index (χ1n) is 5.72. The molecule has 0 saturated heterocycles. The first kappa shape index (κ1) is 13.7. The molecule has 1 unspecified atom stereocenters. The minimum Gasteiger partial charge on any atom is -0.368 e. The highest BCUT2D eigenvalue weighted by atomic mass is 16.1. The summed E-state index contributed by atoms with van der Waals surface area (Å²) in [6.45, 7) is 4.50. The van der Waals surface area contributed by atoms with Gasteiger partial charge in [-0.3, -0.25) is 4.79 Å². The van der Waals surface area contributed by atoms with Gasteiger partial charge in [0, 0.05) is 12.6 Å². The molecule has 1 aromatic rings. The van der Waals surface area contributed by atoms with Crippen LogP contribution in [0.3, 0.4) is 0 Å². The fourth-order valence-electron chi connectivity index (χ4n) is 1.62. The smallest absolute Gasteiger partial charge is 0.243 e. The molecule has 0 spiro atoms. The first-order valence-corrected chi connectivity index (χ1v) is 5.72. The van der Waals surface area contributed by atoms with Gasteiger partial charge in [0.05, 0.1) is 0 Å². The Labute approximate surface area is 103 Å². The third kappa shape index (κ3) is 3.05. The normalized spacial score (nSPS) is 14.9. The van der Waals surface area contributed by atoms with Gasteiger partial charge in [0.25, 0.3) is 0 Å². The Balaban J connectivity index is 3.03. The summed E-state index contributed by atoms with van der Waals surface area (Å²) in [5.41, 5.74) is 11.3. The Hall–Kier alpha value is -1.39. The molecule has 0 fully saturated rings. The summed E-state index contributed by atoms with van der Waals surface area (Å²) < 4.78 is 0. The van der Waals surface area contributed by atoms with Crippen LogP contribution in [0, 0.1) is 0 Å². The van der Waals surface area contributed by atoms with E-state index in [4.69, 9.17) is 11.5 Å². The zero-order valence-corrected chi connectivity index (χ0v) is 10.7. The maximum atomic E-state index is 11.7. The summed E-state index contributed by atoms with van der Waals surface area (Å²) in [7, 11) is 1.93. The second kappa shape index (κ2) is 5.29. The molecule has 4 N–H and O–H groups in total. The lowest BCUT2D eigenvalue weighted by molar-refractivity contribution is -0.124. The van der Waals surface area contributed by atoms with Gasteiger partial charge in [-0.25, -0.2) is 0 Å². The fraction of sp³-hybridized carbons (Fsp3) is 0.462. The quantitative estimate of drug-likeness (QED) is 0.787. The Morgan fingerprint density at radius 3 is 2.29 bits per heavy atom. The predicted molar refractivity (Wildman–Crippen MR) is 69.3 cm³/mol. The van der Waals surface area contributed by atoms with Gasteiger partial charge in [0.1, 0.15) is 5.54 Å². The number of nitrogens with two attached hydrogens (primary N) is 2. The summed E-state index contributed by atoms with van der Waals surface area (Å²) in [6.07, 6.45) is 0. The molecule has 0 aliphatic heterocycles. The number of likely N-dealkylation sites (N-methyl/N-ethyl adjacent to an activating group) is 1. The Morgan fingerprint density at radius 1 is 1.35 bits per heavy atom. The lowest BCUT2D eigenvalue weighted by Crippen LogP contribution is -2.56. The number of amides is 1. The second-order valence-electron chi connectivity index (χ2n) is 4.71. The number of primary amides is 1. The monoisotopic (exact) mass is 235 g/mol. The molecule has 1 atom stereocenters. The highest BCUT2D eigenvalue weighted by Gasteiger charge is 2.35. The molecule has 17 heavy (non-hydrogen) atoms. The van der Waals surface area contributed by atoms with E-state index in [1.165, 1.54) is 0 Å². The first-order chi connectivity index (χ1) is 7.88. The fourth-order valence-corrected chi connectivity index (χ4v) is 1.62. The number of rotatable bonds is 5. The largest absolute Gasteiger partial charge is 0.368 e. The molecule has 0 aromatic heterocycles. The molecule has 0 aliphatic rings. The summed E-state index contributed by atoms with van der Waals surface area (Å²) in [5, 5.41) is 0. The van der Waals surface area contributed by atoms with Crippen LogP contribution in [0.25, 0.3) is 0 Å². The predicted octanol–water partition coefficient (Wildman–Crippen LogP) is 0.666. The maximum Gasteiger partial charge on any atom is 0.243 e. The number of benzene rings is 1. The number of carbonyl (C=O) groups is 1. The van der Waals surface area contributed by atoms with E-state index in [0.717, 1.165) is 5.56 Å². The van der Waals surface area contributed by atoms with Crippen LogP contribution in [-0.4, -0.2) is 30.4 Å². The Bertz CT molecular complexity index is 378. The van der Waals surface area contributed by atoms with E-state index < -0.39 is 11.4 Å². The van der Waals surface area contributed by atoms with Gasteiger partial charge in [-0.2, -0.15) is 0 Å². The van der Waals surface area contributed by atoms with Crippen molar-refractivity contribution in [3.05, 3.63) is 35.9 Å². The molecular formula is C13H21N3O. The summed E-state index contributed by atoms with van der Waals surface area (Å²) in [6, 6.07) is 9.57. The van der Waals surface area contributed by atoms with Crippen molar-refractivity contribution in [1.82, 2.24) is 4.90 Å². The molecule has 1 aromatic carbocycles. The molecule has 1 rings (SSSR count). The SMILES string of the molecule is CC(C)N(C)CC(N)(C(N)=O)c1ccccc1. The van der Waals surface area contributed by atoms with Gasteiger partial charge in [-0.15, -0.1) is 0 Å². The Kier molecular flexibility index (Phi) is 4.26. The second-order valence-corrected chi connectivity index (χ2v) is 4.71. The molecule has 4 nitrogen and oxygen atoms in total. The molecule has 1 amide bonds. The standard InChI is InChI=1S/C13H21N3O/c1-10(2)16(3)9-13(15,12(14)17)11-7-5-4-6-8-11/h4-8,10H,9,15H2,1-3H3,(H2,14,17). The molecular weight excluding hydrogens is 214 g/mol. The van der Waals surface area contributed by atoms with Crippen molar-refractivity contribution in [3.8, 4) is 0 Å². The average molecular weight is 235 g/mol. The minimum absolute atomic E-state index is 0.306. The van der Waals surface area contributed by atoms with Crippen molar-refractivity contribution >= 4 is 5.91 Å². The van der Waals surface area contributed by atoms with Crippen LogP contribution in [-0.2, 0) is 10.3 Å². The van der Waals surface area contributed by atoms with Gasteiger partial charge in [0.2, 0.25) is 5.91 Å². The van der Waals surface area contributed by atoms with E-state index in [1.807, 2.05) is 56.1 Å². The maximum absolute atomic E-state index is 11.7. The van der Waals surface area contributed by atoms with Crippen molar-refractivity contribution < 1.29 is 4.79 Å². The highest BCUT2D eigenvalue weighted by molar-refractivity contribution is 5.86. The lowest BCUT2D eigenvalue weighted by Gasteiger charge is -2.33. The van der Waals surface area contributed by atoms with Crippen LogP contribution >= 0.6 is 0 Å². The van der Waals surface area contributed by atoms with Crippen LogP contribution in [0.15, 0.2) is 30.3 Å². The van der Waals surface area contributed by atoms with Gasteiger partial charge < -0.3 is 16.4 Å². The molecule has 0 saturated carbocycles. The molecule has 0 radical (unpaired) electrons. The highest BCUT2D eigenvalue weighted by Crippen LogP contribution is 2.19. The van der Waals surface area contributed by atoms with Gasteiger partial charge in [-0.1, -0.05) is 30.3 Å². The van der Waals surface area contributed by atoms with Gasteiger partial charge in [0.15, 0.2) is 0 Å². The minimum atomic E-state index is -1.14. The summed E-state index contributed by atoms with van der Waals surface area (Å²) in [4.78, 5) is 13.7. The number of hydrogen-bond donors (Lipinski definition) is 2. The van der Waals surface area contributed by atoms with Crippen molar-refractivity contribution in [2.75, 3.05) is 13.6 Å². The van der Waals surface area contributed by atoms with Crippen molar-refractivity contribution in [2.24, 2.45) is 11.5 Å². The third-order valence-electron chi connectivity index (χ3n) is 3.11. The van der Waals surface area contributed by atoms with Crippen LogP contribution in [0.1, 0.15) is 19.4 Å². The Morgan fingerprint density at radius 2 is 1.88 bits per heavy atom. The van der Waals surface area contributed by atoms with Gasteiger partial charge in [-0.05, 0) is 26.5 Å². The van der Waals surface area contributed by atoms with E-state index in [2.05, 4.69) is 0 Å². The zero-order chi connectivity index (χ0) is 13.1. The van der Waals surface area contributed by atoms with Crippen molar-refractivity contribution in [3.63, 3.8) is 0 Å². The number of hydrogen-bond acceptors (Lipinski definition) is 3. The van der Waals surface area contributed by atoms with Crippen molar-refractivity contribution in [2.45, 2.75) is 25.4 Å². The number of nitrogens with zero attached hydrogens (tertiary/aromatic N) is 1. The van der Waals surface area contributed by atoms with Crippen LogP contribution < -0.4 is 11.5 Å². The van der Waals surface area contributed by atoms with Crippen LogP contribution in [0.2, 0.25) is 0 Å². The molecule has 0 bridgehead atoms. The van der Waals surface area contributed by atoms with E-state index in [9.17, 15) is 4.79 Å².